The molecule has 0 aromatic heterocycles. The van der Waals surface area contributed by atoms with Crippen LogP contribution >= 0.6 is 0 Å². The lowest BCUT2D eigenvalue weighted by atomic mass is 9.50. The van der Waals surface area contributed by atoms with E-state index in [4.69, 9.17) is 0 Å². The summed E-state index contributed by atoms with van der Waals surface area (Å²) in [6, 6.07) is 23.9. The molecule has 262 valence electrons. The standard InChI is InChI=1S/C40H39F5N2O3/c1-37-22-33(25-9-7-24(8-10-25)23-46-28-14-11-26(12-15-28)36(49)47-29-5-3-2-4-6-29)35-31-18-16-30(48)21-27(31)13-17-32(35)34(37)19-20-38(37,50)39(41,42)40(43,44)45/h2-12,14-15,21,32-34,46,50H,13,16-20,22-23H2,1H3,(H,47,49)/t32?,33-,34?,37+,38+/m1/s1. The number of alkyl halides is 5. The largest absolute Gasteiger partial charge is 0.456 e. The summed E-state index contributed by atoms with van der Waals surface area (Å²) in [4.78, 5) is 24.9. The molecule has 10 heteroatoms. The number of carbonyl (C=O) groups is 2. The van der Waals surface area contributed by atoms with Gasteiger partial charge in [-0.15, -0.1) is 0 Å². The Bertz CT molecular complexity index is 1850. The summed E-state index contributed by atoms with van der Waals surface area (Å²) in [5.41, 5.74) is 1.80. The summed E-state index contributed by atoms with van der Waals surface area (Å²) in [6.07, 6.45) is -2.86. The molecule has 5 nitrogen and oxygen atoms in total. The number of allylic oxidation sites excluding steroid dienone is 4. The molecule has 50 heavy (non-hydrogen) atoms. The van der Waals surface area contributed by atoms with Crippen LogP contribution in [0.3, 0.4) is 0 Å². The van der Waals surface area contributed by atoms with E-state index in [-0.39, 0.29) is 30.4 Å². The number of halogens is 5. The van der Waals surface area contributed by atoms with Gasteiger partial charge in [0.25, 0.3) is 5.91 Å². The quantitative estimate of drug-likeness (QED) is 0.216. The number of hydrogen-bond acceptors (Lipinski definition) is 4. The molecule has 4 aliphatic carbocycles. The van der Waals surface area contributed by atoms with Crippen LogP contribution in [0, 0.1) is 17.3 Å². The highest BCUT2D eigenvalue weighted by Gasteiger charge is 2.79. The van der Waals surface area contributed by atoms with Crippen LogP contribution in [0.2, 0.25) is 0 Å². The Morgan fingerprint density at radius 2 is 1.58 bits per heavy atom. The van der Waals surface area contributed by atoms with Crippen molar-refractivity contribution in [2.45, 2.75) is 82.0 Å². The molecule has 2 unspecified atom stereocenters. The molecule has 2 saturated carbocycles. The van der Waals surface area contributed by atoms with Crippen LogP contribution in [0.1, 0.15) is 79.3 Å². The van der Waals surface area contributed by atoms with Crippen molar-refractivity contribution in [3.8, 4) is 0 Å². The predicted octanol–water partition coefficient (Wildman–Crippen LogP) is 9.38. The molecule has 0 aliphatic heterocycles. The van der Waals surface area contributed by atoms with Gasteiger partial charge in [0, 0.05) is 41.2 Å². The van der Waals surface area contributed by atoms with Crippen molar-refractivity contribution in [1.82, 2.24) is 0 Å². The Morgan fingerprint density at radius 3 is 2.26 bits per heavy atom. The molecule has 5 atom stereocenters. The van der Waals surface area contributed by atoms with Crippen molar-refractivity contribution in [1.29, 1.82) is 0 Å². The van der Waals surface area contributed by atoms with E-state index < -0.39 is 41.4 Å². The molecular weight excluding hydrogens is 651 g/mol. The Kier molecular flexibility index (Phi) is 8.52. The lowest BCUT2D eigenvalue weighted by Crippen LogP contribution is -2.65. The summed E-state index contributed by atoms with van der Waals surface area (Å²) in [5.74, 6) is -6.75. The Morgan fingerprint density at radius 1 is 0.880 bits per heavy atom. The molecule has 7 rings (SSSR count). The number of amides is 1. The zero-order chi connectivity index (χ0) is 35.5. The van der Waals surface area contributed by atoms with Crippen molar-refractivity contribution in [2.75, 3.05) is 10.6 Å². The van der Waals surface area contributed by atoms with Gasteiger partial charge < -0.3 is 15.7 Å². The Hall–Kier alpha value is -4.31. The average molecular weight is 691 g/mol. The van der Waals surface area contributed by atoms with Gasteiger partial charge in [-0.2, -0.15) is 22.0 Å². The van der Waals surface area contributed by atoms with Gasteiger partial charge in [0.1, 0.15) is 5.60 Å². The molecule has 0 saturated heterocycles. The lowest BCUT2D eigenvalue weighted by Gasteiger charge is -2.56. The number of carbonyl (C=O) groups excluding carboxylic acids is 2. The number of rotatable bonds is 7. The van der Waals surface area contributed by atoms with Crippen LogP contribution < -0.4 is 10.6 Å². The summed E-state index contributed by atoms with van der Waals surface area (Å²) in [5, 5.41) is 17.7. The number of para-hydroxylation sites is 1. The first-order chi connectivity index (χ1) is 23.7. The molecular formula is C40H39F5N2O3. The minimum atomic E-state index is -5.89. The maximum atomic E-state index is 15.3. The van der Waals surface area contributed by atoms with Crippen LogP contribution in [0.25, 0.3) is 0 Å². The second kappa shape index (κ2) is 12.5. The molecule has 2 fully saturated rings. The van der Waals surface area contributed by atoms with Crippen LogP contribution in [0.15, 0.2) is 102 Å². The third kappa shape index (κ3) is 5.65. The summed E-state index contributed by atoms with van der Waals surface area (Å²) in [7, 11) is 0. The topological polar surface area (TPSA) is 78.4 Å². The maximum Gasteiger partial charge on any atom is 0.456 e. The monoisotopic (exact) mass is 690 g/mol. The number of aliphatic hydroxyl groups is 1. The highest BCUT2D eigenvalue weighted by atomic mass is 19.4. The van der Waals surface area contributed by atoms with Crippen molar-refractivity contribution in [2.24, 2.45) is 17.3 Å². The molecule has 4 aliphatic rings. The van der Waals surface area contributed by atoms with Gasteiger partial charge in [0.15, 0.2) is 5.78 Å². The van der Waals surface area contributed by atoms with E-state index in [0.717, 1.165) is 33.5 Å². The molecule has 1 amide bonds. The first-order valence-electron chi connectivity index (χ1n) is 17.1. The lowest BCUT2D eigenvalue weighted by molar-refractivity contribution is -0.362. The first kappa shape index (κ1) is 34.2. The third-order valence-corrected chi connectivity index (χ3v) is 11.8. The normalized spacial score (nSPS) is 27.9. The number of benzene rings is 3. The highest BCUT2D eigenvalue weighted by molar-refractivity contribution is 6.04. The van der Waals surface area contributed by atoms with Gasteiger partial charge in [0.05, 0.1) is 0 Å². The zero-order valence-electron chi connectivity index (χ0n) is 27.6. The summed E-state index contributed by atoms with van der Waals surface area (Å²) >= 11 is 0. The van der Waals surface area contributed by atoms with E-state index in [1.54, 1.807) is 18.2 Å². The Labute approximate surface area is 287 Å². The van der Waals surface area contributed by atoms with Crippen molar-refractivity contribution in [3.63, 3.8) is 0 Å². The fourth-order valence-electron chi connectivity index (χ4n) is 9.25. The molecule has 0 bridgehead atoms. The number of fused-ring (bicyclic) bond motifs is 4. The second-order valence-electron chi connectivity index (χ2n) is 14.5. The minimum Gasteiger partial charge on any atom is -0.383 e. The van der Waals surface area contributed by atoms with Gasteiger partial charge in [-0.25, -0.2) is 0 Å². The molecule has 0 radical (unpaired) electrons. The van der Waals surface area contributed by atoms with E-state index in [9.17, 15) is 27.9 Å². The zero-order valence-corrected chi connectivity index (χ0v) is 27.6. The molecule has 0 spiro atoms. The van der Waals surface area contributed by atoms with Gasteiger partial charge in [-0.1, -0.05) is 55.0 Å². The van der Waals surface area contributed by atoms with Crippen molar-refractivity contribution in [3.05, 3.63) is 118 Å². The third-order valence-electron chi connectivity index (χ3n) is 11.8. The van der Waals surface area contributed by atoms with Gasteiger partial charge >= 0.3 is 12.1 Å². The summed E-state index contributed by atoms with van der Waals surface area (Å²) in [6.45, 7) is 1.88. The van der Waals surface area contributed by atoms with E-state index in [1.807, 2.05) is 66.7 Å². The molecule has 3 aromatic carbocycles. The van der Waals surface area contributed by atoms with E-state index >= 15 is 8.78 Å². The number of hydrogen-bond donors (Lipinski definition) is 3. The highest BCUT2D eigenvalue weighted by Crippen LogP contribution is 2.70. The van der Waals surface area contributed by atoms with E-state index in [1.165, 1.54) is 6.92 Å². The number of ketones is 1. The molecule has 3 N–H and O–H groups in total. The fourth-order valence-corrected chi connectivity index (χ4v) is 9.25. The smallest absolute Gasteiger partial charge is 0.383 e. The molecule has 0 heterocycles. The van der Waals surface area contributed by atoms with E-state index in [0.29, 0.717) is 43.5 Å². The number of nitrogens with one attached hydrogen (secondary N) is 2. The second-order valence-corrected chi connectivity index (χ2v) is 14.5. The van der Waals surface area contributed by atoms with Crippen LogP contribution in [-0.2, 0) is 11.3 Å². The SMILES string of the molecule is C[C@]12C[C@H](c3ccc(CNc4ccc(C(=O)Nc5ccccc5)cc4)cc3)C3=C4CCC(=O)C=C4CCC3C1CC[C@@]2(O)C(F)(F)C(F)(F)F. The van der Waals surface area contributed by atoms with Crippen molar-refractivity contribution < 1.29 is 36.6 Å². The summed E-state index contributed by atoms with van der Waals surface area (Å²) < 4.78 is 72.1. The van der Waals surface area contributed by atoms with Gasteiger partial charge in [-0.05, 0) is 115 Å². The van der Waals surface area contributed by atoms with Crippen LogP contribution in [-0.4, -0.2) is 34.5 Å². The van der Waals surface area contributed by atoms with Crippen LogP contribution in [0.4, 0.5) is 33.3 Å². The van der Waals surface area contributed by atoms with Gasteiger partial charge in [0.2, 0.25) is 0 Å². The van der Waals surface area contributed by atoms with E-state index in [2.05, 4.69) is 10.6 Å². The maximum absolute atomic E-state index is 15.3. The average Bonchev–Trinajstić information content (AvgIpc) is 3.38. The number of anilines is 2. The van der Waals surface area contributed by atoms with Crippen molar-refractivity contribution >= 4 is 23.1 Å². The van der Waals surface area contributed by atoms with Gasteiger partial charge in [-0.3, -0.25) is 9.59 Å². The predicted molar refractivity (Wildman–Crippen MR) is 181 cm³/mol. The minimum absolute atomic E-state index is 0.0435. The Balaban J connectivity index is 1.14. The van der Waals surface area contributed by atoms with Crippen LogP contribution in [0.5, 0.6) is 0 Å². The first-order valence-corrected chi connectivity index (χ1v) is 17.1. The fraction of sp³-hybridized carbons (Fsp3) is 0.400. The molecule has 3 aromatic rings.